The lowest BCUT2D eigenvalue weighted by atomic mass is 10.1. The summed E-state index contributed by atoms with van der Waals surface area (Å²) >= 11 is 6.26. The zero-order chi connectivity index (χ0) is 28.3. The van der Waals surface area contributed by atoms with E-state index in [4.69, 9.17) is 25.8 Å². The molecule has 40 heavy (non-hydrogen) atoms. The minimum atomic E-state index is -3.82. The van der Waals surface area contributed by atoms with Gasteiger partial charge in [0.25, 0.3) is 5.91 Å². The number of hydrogen-bond acceptors (Lipinski definition) is 8. The van der Waals surface area contributed by atoms with Crippen LogP contribution < -0.4 is 9.47 Å². The number of carbonyl (C=O) groups excluding carboxylic acids is 1. The number of halogens is 1. The van der Waals surface area contributed by atoms with Crippen LogP contribution in [-0.2, 0) is 26.9 Å². The van der Waals surface area contributed by atoms with Crippen LogP contribution in [0.25, 0.3) is 0 Å². The molecule has 0 spiro atoms. The molecule has 3 heterocycles. The first-order valence-corrected chi connectivity index (χ1v) is 15.3. The van der Waals surface area contributed by atoms with Crippen LogP contribution in [-0.4, -0.2) is 79.9 Å². The van der Waals surface area contributed by atoms with E-state index < -0.39 is 9.84 Å². The molecule has 0 N–H and O–H groups in total. The Kier molecular flexibility index (Phi) is 8.65. The van der Waals surface area contributed by atoms with E-state index in [2.05, 4.69) is 9.88 Å². The lowest BCUT2D eigenvalue weighted by Gasteiger charge is -2.30. The number of sulfone groups is 1. The SMILES string of the molecule is CC(C)n1c(CN(CCN2CCOCC2)C(=O)c2ccc3c(c2)OCO3)cnc1S(=O)(=O)Cc1ccccc1Cl. The standard InChI is InChI=1S/C28H33ClN4O6S/c1-20(2)33-23(16-30-28(33)40(35,36)18-22-5-3-4-6-24(22)29)17-32(10-9-31-11-13-37-14-12-31)27(34)21-7-8-25-26(15-21)39-19-38-25/h3-8,15-16,20H,9-14,17-19H2,1-2H3. The normalized spacial score (nSPS) is 15.5. The molecule has 214 valence electrons. The average Bonchev–Trinajstić information content (AvgIpc) is 3.59. The third kappa shape index (κ3) is 6.27. The van der Waals surface area contributed by atoms with E-state index in [1.807, 2.05) is 13.8 Å². The predicted molar refractivity (Wildman–Crippen MR) is 150 cm³/mol. The highest BCUT2D eigenvalue weighted by Crippen LogP contribution is 2.33. The Labute approximate surface area is 239 Å². The summed E-state index contributed by atoms with van der Waals surface area (Å²) in [6, 6.07) is 11.8. The molecule has 3 aromatic rings. The summed E-state index contributed by atoms with van der Waals surface area (Å²) in [4.78, 5) is 22.1. The maximum atomic E-state index is 13.8. The van der Waals surface area contributed by atoms with Gasteiger partial charge in [0.15, 0.2) is 11.5 Å². The van der Waals surface area contributed by atoms with Gasteiger partial charge in [-0.2, -0.15) is 0 Å². The molecule has 0 aliphatic carbocycles. The van der Waals surface area contributed by atoms with Crippen molar-refractivity contribution in [1.29, 1.82) is 0 Å². The second-order valence-electron chi connectivity index (χ2n) is 10.1. The molecule has 10 nitrogen and oxygen atoms in total. The molecule has 1 aromatic heterocycles. The van der Waals surface area contributed by atoms with E-state index in [1.165, 1.54) is 0 Å². The van der Waals surface area contributed by atoms with Crippen LogP contribution in [0.5, 0.6) is 11.5 Å². The van der Waals surface area contributed by atoms with E-state index in [-0.39, 0.29) is 36.2 Å². The Balaban J connectivity index is 1.43. The zero-order valence-corrected chi connectivity index (χ0v) is 24.2. The van der Waals surface area contributed by atoms with Gasteiger partial charge >= 0.3 is 0 Å². The van der Waals surface area contributed by atoms with Crippen molar-refractivity contribution >= 4 is 27.3 Å². The van der Waals surface area contributed by atoms with Gasteiger partial charge < -0.3 is 23.7 Å². The fourth-order valence-corrected chi connectivity index (χ4v) is 6.82. The van der Waals surface area contributed by atoms with E-state index in [0.717, 1.165) is 13.1 Å². The van der Waals surface area contributed by atoms with Crippen LogP contribution in [0.15, 0.2) is 53.8 Å². The average molecular weight is 589 g/mol. The van der Waals surface area contributed by atoms with Gasteiger partial charge in [-0.25, -0.2) is 13.4 Å². The van der Waals surface area contributed by atoms with Gasteiger partial charge in [0, 0.05) is 42.8 Å². The number of hydrogen-bond donors (Lipinski definition) is 0. The summed E-state index contributed by atoms with van der Waals surface area (Å²) in [5, 5.41) is 0.346. The van der Waals surface area contributed by atoms with Crippen molar-refractivity contribution in [2.75, 3.05) is 46.2 Å². The smallest absolute Gasteiger partial charge is 0.254 e. The summed E-state index contributed by atoms with van der Waals surface area (Å²) < 4.78 is 45.1. The summed E-state index contributed by atoms with van der Waals surface area (Å²) in [7, 11) is -3.82. The van der Waals surface area contributed by atoms with Crippen LogP contribution in [0.3, 0.4) is 0 Å². The second kappa shape index (κ2) is 12.2. The number of aromatic nitrogens is 2. The Bertz CT molecular complexity index is 1470. The van der Waals surface area contributed by atoms with Crippen molar-refractivity contribution in [3.8, 4) is 11.5 Å². The van der Waals surface area contributed by atoms with E-state index in [1.54, 1.807) is 58.1 Å². The number of benzene rings is 2. The number of imidazole rings is 1. The van der Waals surface area contributed by atoms with Crippen molar-refractivity contribution in [3.63, 3.8) is 0 Å². The lowest BCUT2D eigenvalue weighted by Crippen LogP contribution is -2.43. The van der Waals surface area contributed by atoms with Crippen molar-refractivity contribution in [2.24, 2.45) is 0 Å². The first kappa shape index (κ1) is 28.4. The number of morpholine rings is 1. The predicted octanol–water partition coefficient (Wildman–Crippen LogP) is 3.79. The summed E-state index contributed by atoms with van der Waals surface area (Å²) in [5.41, 5.74) is 1.60. The monoisotopic (exact) mass is 588 g/mol. The van der Waals surface area contributed by atoms with Crippen LogP contribution in [0, 0.1) is 0 Å². The maximum Gasteiger partial charge on any atom is 0.254 e. The third-order valence-electron chi connectivity index (χ3n) is 6.99. The zero-order valence-electron chi connectivity index (χ0n) is 22.6. The first-order valence-electron chi connectivity index (χ1n) is 13.2. The van der Waals surface area contributed by atoms with E-state index >= 15 is 0 Å². The minimum absolute atomic E-state index is 0.0407. The number of amides is 1. The minimum Gasteiger partial charge on any atom is -0.454 e. The summed E-state index contributed by atoms with van der Waals surface area (Å²) in [6.45, 7) is 8.10. The Morgan fingerprint density at radius 1 is 1.10 bits per heavy atom. The van der Waals surface area contributed by atoms with Gasteiger partial charge in [-0.3, -0.25) is 9.69 Å². The largest absolute Gasteiger partial charge is 0.454 e. The Morgan fingerprint density at radius 3 is 2.60 bits per heavy atom. The van der Waals surface area contributed by atoms with E-state index in [9.17, 15) is 13.2 Å². The highest BCUT2D eigenvalue weighted by atomic mass is 35.5. The number of fused-ring (bicyclic) bond motifs is 1. The molecule has 0 atom stereocenters. The molecule has 0 radical (unpaired) electrons. The van der Waals surface area contributed by atoms with Gasteiger partial charge in [-0.15, -0.1) is 0 Å². The molecule has 0 saturated carbocycles. The number of rotatable bonds is 10. The molecule has 1 fully saturated rings. The molecule has 2 aliphatic heterocycles. The molecular formula is C28H33ClN4O6S. The van der Waals surface area contributed by atoms with Gasteiger partial charge in [-0.1, -0.05) is 29.8 Å². The van der Waals surface area contributed by atoms with Crippen LogP contribution in [0.2, 0.25) is 5.02 Å². The van der Waals surface area contributed by atoms with Gasteiger partial charge in [-0.05, 0) is 43.7 Å². The van der Waals surface area contributed by atoms with Crippen LogP contribution in [0.1, 0.15) is 41.5 Å². The number of ether oxygens (including phenoxy) is 3. The van der Waals surface area contributed by atoms with Crippen molar-refractivity contribution in [2.45, 2.75) is 37.3 Å². The number of nitrogens with zero attached hydrogens (tertiary/aromatic N) is 4. The van der Waals surface area contributed by atoms with Gasteiger partial charge in [0.05, 0.1) is 37.4 Å². The molecule has 1 amide bonds. The molecule has 12 heteroatoms. The molecule has 5 rings (SSSR count). The fourth-order valence-electron chi connectivity index (χ4n) is 4.91. The first-order chi connectivity index (χ1) is 19.2. The van der Waals surface area contributed by atoms with Crippen molar-refractivity contribution in [1.82, 2.24) is 19.4 Å². The Hall–Kier alpha value is -3.12. The highest BCUT2D eigenvalue weighted by molar-refractivity contribution is 7.90. The lowest BCUT2D eigenvalue weighted by molar-refractivity contribution is 0.0318. The van der Waals surface area contributed by atoms with Crippen LogP contribution >= 0.6 is 11.6 Å². The third-order valence-corrected chi connectivity index (χ3v) is 8.91. The fraction of sp³-hybridized carbons (Fsp3) is 0.429. The summed E-state index contributed by atoms with van der Waals surface area (Å²) in [5.74, 6) is 0.664. The van der Waals surface area contributed by atoms with E-state index in [0.29, 0.717) is 59.6 Å². The molecule has 1 saturated heterocycles. The van der Waals surface area contributed by atoms with Crippen molar-refractivity contribution in [3.05, 3.63) is 70.5 Å². The maximum absolute atomic E-state index is 13.8. The molecule has 0 unspecified atom stereocenters. The topological polar surface area (TPSA) is 103 Å². The highest BCUT2D eigenvalue weighted by Gasteiger charge is 2.28. The number of carbonyl (C=O) groups is 1. The molecule has 0 bridgehead atoms. The summed E-state index contributed by atoms with van der Waals surface area (Å²) in [6.07, 6.45) is 1.55. The van der Waals surface area contributed by atoms with Gasteiger partial charge in [0.2, 0.25) is 21.8 Å². The quantitative estimate of drug-likeness (QED) is 0.352. The second-order valence-corrected chi connectivity index (χ2v) is 12.4. The molecule has 2 aromatic carbocycles. The van der Waals surface area contributed by atoms with Crippen molar-refractivity contribution < 1.29 is 27.4 Å². The van der Waals surface area contributed by atoms with Gasteiger partial charge in [0.1, 0.15) is 0 Å². The molecular weight excluding hydrogens is 556 g/mol. The van der Waals surface area contributed by atoms with Crippen LogP contribution in [0.4, 0.5) is 0 Å². The Morgan fingerprint density at radius 2 is 1.85 bits per heavy atom. The molecule has 2 aliphatic rings.